The second-order valence-electron chi connectivity index (χ2n) is 4.84. The minimum atomic E-state index is -0.368. The zero-order valence-corrected chi connectivity index (χ0v) is 13.8. The maximum atomic E-state index is 11.8. The fraction of sp³-hybridized carbons (Fsp3) is 0.500. The SMILES string of the molecule is CCOc1ccc(C(C)NC(=O)CNC(=O)CN)cc1OCC. The molecule has 1 unspecified atom stereocenters. The van der Waals surface area contributed by atoms with Gasteiger partial charge in [0.25, 0.3) is 0 Å². The third-order valence-corrected chi connectivity index (χ3v) is 3.08. The van der Waals surface area contributed by atoms with E-state index in [1.807, 2.05) is 39.0 Å². The van der Waals surface area contributed by atoms with Gasteiger partial charge in [-0.25, -0.2) is 0 Å². The lowest BCUT2D eigenvalue weighted by atomic mass is 10.1. The molecule has 0 bridgehead atoms. The monoisotopic (exact) mass is 323 g/mol. The number of ether oxygens (including phenoxy) is 2. The van der Waals surface area contributed by atoms with E-state index in [2.05, 4.69) is 10.6 Å². The summed E-state index contributed by atoms with van der Waals surface area (Å²) < 4.78 is 11.1. The Bertz CT molecular complexity index is 534. The molecule has 128 valence electrons. The predicted octanol–water partition coefficient (Wildman–Crippen LogP) is 0.736. The predicted molar refractivity (Wildman–Crippen MR) is 87.4 cm³/mol. The average Bonchev–Trinajstić information content (AvgIpc) is 2.54. The van der Waals surface area contributed by atoms with E-state index in [0.29, 0.717) is 24.7 Å². The van der Waals surface area contributed by atoms with E-state index in [4.69, 9.17) is 15.2 Å². The van der Waals surface area contributed by atoms with Gasteiger partial charge in [-0.15, -0.1) is 0 Å². The van der Waals surface area contributed by atoms with E-state index >= 15 is 0 Å². The van der Waals surface area contributed by atoms with Crippen molar-refractivity contribution in [2.45, 2.75) is 26.8 Å². The molecule has 0 aliphatic rings. The summed E-state index contributed by atoms with van der Waals surface area (Å²) in [6.45, 7) is 6.49. The normalized spacial score (nSPS) is 11.5. The van der Waals surface area contributed by atoms with Gasteiger partial charge in [0, 0.05) is 0 Å². The molecule has 0 aliphatic heterocycles. The minimum absolute atomic E-state index is 0.101. The van der Waals surface area contributed by atoms with E-state index in [9.17, 15) is 9.59 Å². The van der Waals surface area contributed by atoms with E-state index < -0.39 is 0 Å². The first-order chi connectivity index (χ1) is 11.0. The summed E-state index contributed by atoms with van der Waals surface area (Å²) >= 11 is 0. The van der Waals surface area contributed by atoms with Gasteiger partial charge in [-0.05, 0) is 38.5 Å². The Morgan fingerprint density at radius 3 is 2.39 bits per heavy atom. The van der Waals surface area contributed by atoms with Gasteiger partial charge < -0.3 is 25.8 Å². The van der Waals surface area contributed by atoms with Gasteiger partial charge in [-0.2, -0.15) is 0 Å². The second kappa shape index (κ2) is 9.68. The van der Waals surface area contributed by atoms with E-state index in [1.54, 1.807) is 0 Å². The zero-order chi connectivity index (χ0) is 17.2. The van der Waals surface area contributed by atoms with E-state index in [0.717, 1.165) is 5.56 Å². The molecule has 0 heterocycles. The van der Waals surface area contributed by atoms with Crippen molar-refractivity contribution in [1.29, 1.82) is 0 Å². The highest BCUT2D eigenvalue weighted by Gasteiger charge is 2.13. The van der Waals surface area contributed by atoms with Crippen molar-refractivity contribution in [3.05, 3.63) is 23.8 Å². The van der Waals surface area contributed by atoms with Gasteiger partial charge in [0.2, 0.25) is 11.8 Å². The molecule has 0 fully saturated rings. The van der Waals surface area contributed by atoms with Crippen LogP contribution in [0.2, 0.25) is 0 Å². The summed E-state index contributed by atoms with van der Waals surface area (Å²) in [4.78, 5) is 22.8. The van der Waals surface area contributed by atoms with Crippen molar-refractivity contribution < 1.29 is 19.1 Å². The van der Waals surface area contributed by atoms with Gasteiger partial charge in [-0.1, -0.05) is 6.07 Å². The summed E-state index contributed by atoms with van der Waals surface area (Å²) in [5.41, 5.74) is 6.05. The van der Waals surface area contributed by atoms with Crippen LogP contribution in [0, 0.1) is 0 Å². The largest absolute Gasteiger partial charge is 0.490 e. The van der Waals surface area contributed by atoms with Crippen LogP contribution < -0.4 is 25.8 Å². The highest BCUT2D eigenvalue weighted by atomic mass is 16.5. The highest BCUT2D eigenvalue weighted by Crippen LogP contribution is 2.30. The maximum Gasteiger partial charge on any atom is 0.239 e. The Labute approximate surface area is 136 Å². The van der Waals surface area contributed by atoms with Crippen molar-refractivity contribution >= 4 is 11.8 Å². The molecule has 1 aromatic carbocycles. The van der Waals surface area contributed by atoms with Crippen molar-refractivity contribution in [1.82, 2.24) is 10.6 Å². The maximum absolute atomic E-state index is 11.8. The Hall–Kier alpha value is -2.28. The highest BCUT2D eigenvalue weighted by molar-refractivity contribution is 5.85. The Balaban J connectivity index is 2.71. The van der Waals surface area contributed by atoms with Crippen LogP contribution in [0.5, 0.6) is 11.5 Å². The summed E-state index contributed by atoms with van der Waals surface area (Å²) in [6.07, 6.45) is 0. The Morgan fingerprint density at radius 1 is 1.13 bits per heavy atom. The number of carbonyl (C=O) groups excluding carboxylic acids is 2. The van der Waals surface area contributed by atoms with Gasteiger partial charge in [0.1, 0.15) is 0 Å². The Kier molecular flexibility index (Phi) is 7.90. The van der Waals surface area contributed by atoms with E-state index in [1.165, 1.54) is 0 Å². The molecule has 4 N–H and O–H groups in total. The number of benzene rings is 1. The van der Waals surface area contributed by atoms with Gasteiger partial charge in [0.15, 0.2) is 11.5 Å². The molecular weight excluding hydrogens is 298 g/mol. The number of nitrogens with one attached hydrogen (secondary N) is 2. The van der Waals surface area contributed by atoms with Crippen molar-refractivity contribution in [3.63, 3.8) is 0 Å². The number of hydrogen-bond acceptors (Lipinski definition) is 5. The third-order valence-electron chi connectivity index (χ3n) is 3.08. The first-order valence-electron chi connectivity index (χ1n) is 7.67. The van der Waals surface area contributed by atoms with Crippen LogP contribution >= 0.6 is 0 Å². The molecule has 0 aliphatic carbocycles. The first kappa shape index (κ1) is 18.8. The number of nitrogens with two attached hydrogens (primary N) is 1. The fourth-order valence-electron chi connectivity index (χ4n) is 1.96. The molecule has 1 aromatic rings. The van der Waals surface area contributed by atoms with Crippen LogP contribution in [-0.2, 0) is 9.59 Å². The summed E-state index contributed by atoms with van der Waals surface area (Å²) in [5, 5.41) is 5.23. The molecule has 1 rings (SSSR count). The first-order valence-corrected chi connectivity index (χ1v) is 7.67. The number of amides is 2. The fourth-order valence-corrected chi connectivity index (χ4v) is 1.96. The van der Waals surface area contributed by atoms with Crippen molar-refractivity contribution in [2.75, 3.05) is 26.3 Å². The lowest BCUT2D eigenvalue weighted by Gasteiger charge is -2.17. The van der Waals surface area contributed by atoms with Gasteiger partial charge >= 0.3 is 0 Å². The van der Waals surface area contributed by atoms with Crippen LogP contribution in [0.3, 0.4) is 0 Å². The second-order valence-corrected chi connectivity index (χ2v) is 4.84. The summed E-state index contributed by atoms with van der Waals surface area (Å²) in [7, 11) is 0. The van der Waals surface area contributed by atoms with Crippen LogP contribution in [0.15, 0.2) is 18.2 Å². The molecule has 7 nitrogen and oxygen atoms in total. The minimum Gasteiger partial charge on any atom is -0.490 e. The molecule has 1 atom stereocenters. The molecule has 0 spiro atoms. The van der Waals surface area contributed by atoms with Crippen molar-refractivity contribution in [3.8, 4) is 11.5 Å². The lowest BCUT2D eigenvalue weighted by Crippen LogP contribution is -2.40. The van der Waals surface area contributed by atoms with Crippen LogP contribution in [0.4, 0.5) is 0 Å². The summed E-state index contributed by atoms with van der Waals surface area (Å²) in [6, 6.07) is 5.31. The topological polar surface area (TPSA) is 103 Å². The molecule has 2 amide bonds. The van der Waals surface area contributed by atoms with Gasteiger partial charge in [0.05, 0.1) is 32.3 Å². The molecule has 0 aromatic heterocycles. The van der Waals surface area contributed by atoms with Crippen LogP contribution in [-0.4, -0.2) is 38.1 Å². The molecule has 0 saturated heterocycles. The molecular formula is C16H25N3O4. The lowest BCUT2D eigenvalue weighted by molar-refractivity contribution is -0.125. The van der Waals surface area contributed by atoms with Crippen LogP contribution in [0.25, 0.3) is 0 Å². The quantitative estimate of drug-likeness (QED) is 0.622. The zero-order valence-electron chi connectivity index (χ0n) is 13.8. The summed E-state index contributed by atoms with van der Waals surface area (Å²) in [5.74, 6) is 0.662. The standard InChI is InChI=1S/C16H25N3O4/c1-4-22-13-7-6-12(8-14(13)23-5-2)11(3)19-16(21)10-18-15(20)9-17/h6-8,11H,4-5,9-10,17H2,1-3H3,(H,18,20)(H,19,21). The van der Waals surface area contributed by atoms with Gasteiger partial charge in [-0.3, -0.25) is 9.59 Å². The molecule has 7 heteroatoms. The average molecular weight is 323 g/mol. The number of hydrogen-bond donors (Lipinski definition) is 3. The molecule has 23 heavy (non-hydrogen) atoms. The number of rotatable bonds is 9. The Morgan fingerprint density at radius 2 is 1.78 bits per heavy atom. The number of carbonyl (C=O) groups is 2. The molecule has 0 radical (unpaired) electrons. The smallest absolute Gasteiger partial charge is 0.239 e. The van der Waals surface area contributed by atoms with Crippen molar-refractivity contribution in [2.24, 2.45) is 5.73 Å². The van der Waals surface area contributed by atoms with E-state index in [-0.39, 0.29) is 30.9 Å². The van der Waals surface area contributed by atoms with Crippen LogP contribution in [0.1, 0.15) is 32.4 Å². The third kappa shape index (κ3) is 6.15. The molecule has 0 saturated carbocycles.